The van der Waals surface area contributed by atoms with Crippen LogP contribution in [0.1, 0.15) is 47.0 Å². The van der Waals surface area contributed by atoms with Crippen molar-refractivity contribution < 1.29 is 9.59 Å². The predicted octanol–water partition coefficient (Wildman–Crippen LogP) is 4.93. The monoisotopic (exact) mass is 447 g/mol. The van der Waals surface area contributed by atoms with Crippen molar-refractivity contribution in [1.29, 1.82) is 0 Å². The summed E-state index contributed by atoms with van der Waals surface area (Å²) in [6, 6.07) is 7.63. The van der Waals surface area contributed by atoms with E-state index in [0.717, 1.165) is 41.2 Å². The molecule has 29 heavy (non-hydrogen) atoms. The van der Waals surface area contributed by atoms with Gasteiger partial charge in [-0.2, -0.15) is 11.3 Å². The van der Waals surface area contributed by atoms with Crippen molar-refractivity contribution in [3.63, 3.8) is 0 Å². The topological polar surface area (TPSA) is 62.3 Å². The lowest BCUT2D eigenvalue weighted by Crippen LogP contribution is -2.38. The second-order valence-corrected chi connectivity index (χ2v) is 9.47. The van der Waals surface area contributed by atoms with E-state index >= 15 is 0 Å². The Morgan fingerprint density at radius 1 is 1.24 bits per heavy atom. The molecule has 1 N–H and O–H groups in total. The third-order valence-electron chi connectivity index (χ3n) is 5.20. The van der Waals surface area contributed by atoms with E-state index in [1.165, 1.54) is 11.3 Å². The lowest BCUT2D eigenvalue weighted by Gasteiger charge is -2.31. The average molecular weight is 448 g/mol. The molecule has 5 nitrogen and oxygen atoms in total. The Kier molecular flexibility index (Phi) is 6.47. The van der Waals surface area contributed by atoms with Crippen molar-refractivity contribution in [1.82, 2.24) is 15.2 Å². The minimum absolute atomic E-state index is 0.0726. The summed E-state index contributed by atoms with van der Waals surface area (Å²) >= 11 is 9.29. The fourth-order valence-corrected chi connectivity index (χ4v) is 5.48. The Labute approximate surface area is 182 Å². The number of rotatable bonds is 6. The second kappa shape index (κ2) is 9.24. The van der Waals surface area contributed by atoms with Gasteiger partial charge in [0.25, 0.3) is 5.91 Å². The predicted molar refractivity (Wildman–Crippen MR) is 119 cm³/mol. The molecule has 8 heteroatoms. The molecule has 3 heterocycles. The number of halogens is 1. The van der Waals surface area contributed by atoms with E-state index in [9.17, 15) is 9.59 Å². The molecular formula is C21H22ClN3O2S2. The second-order valence-electron chi connectivity index (χ2n) is 7.19. The Hall–Kier alpha value is -1.96. The van der Waals surface area contributed by atoms with Gasteiger partial charge in [-0.15, -0.1) is 11.3 Å². The van der Waals surface area contributed by atoms with Gasteiger partial charge in [-0.05, 0) is 48.9 Å². The molecule has 0 radical (unpaired) electrons. The molecule has 2 amide bonds. The number of likely N-dealkylation sites (tertiary alicyclic amines) is 1. The van der Waals surface area contributed by atoms with Gasteiger partial charge < -0.3 is 10.2 Å². The Balaban J connectivity index is 1.21. The van der Waals surface area contributed by atoms with E-state index in [1.54, 1.807) is 17.4 Å². The zero-order valence-corrected chi connectivity index (χ0v) is 18.3. The summed E-state index contributed by atoms with van der Waals surface area (Å²) in [4.78, 5) is 31.1. The number of aromatic nitrogens is 1. The van der Waals surface area contributed by atoms with Crippen molar-refractivity contribution in [2.45, 2.75) is 31.6 Å². The van der Waals surface area contributed by atoms with E-state index in [-0.39, 0.29) is 11.8 Å². The number of thiazole rings is 1. The molecule has 1 aliphatic heterocycles. The number of hydrogen-bond donors (Lipinski definition) is 1. The fourth-order valence-electron chi connectivity index (χ4n) is 3.56. The van der Waals surface area contributed by atoms with Crippen LogP contribution in [0.5, 0.6) is 0 Å². The molecule has 0 saturated carbocycles. The first-order chi connectivity index (χ1) is 14.1. The zero-order chi connectivity index (χ0) is 20.2. The lowest BCUT2D eigenvalue weighted by molar-refractivity contribution is -0.132. The van der Waals surface area contributed by atoms with E-state index < -0.39 is 0 Å². The van der Waals surface area contributed by atoms with Crippen LogP contribution in [0.15, 0.2) is 35.0 Å². The fraction of sp³-hybridized carbons (Fsp3) is 0.381. The molecule has 0 aliphatic carbocycles. The summed E-state index contributed by atoms with van der Waals surface area (Å²) in [5, 5.41) is 8.43. The number of fused-ring (bicyclic) bond motifs is 1. The molecule has 4 rings (SSSR count). The minimum atomic E-state index is -0.0726. The highest BCUT2D eigenvalue weighted by molar-refractivity contribution is 7.18. The van der Waals surface area contributed by atoms with Crippen molar-refractivity contribution in [2.75, 3.05) is 19.6 Å². The van der Waals surface area contributed by atoms with Crippen LogP contribution in [0.3, 0.4) is 0 Å². The van der Waals surface area contributed by atoms with Crippen LogP contribution in [0.2, 0.25) is 5.02 Å². The molecule has 2 aromatic heterocycles. The quantitative estimate of drug-likeness (QED) is 0.545. The first-order valence-corrected chi connectivity index (χ1v) is 11.9. The lowest BCUT2D eigenvalue weighted by atomic mass is 9.97. The van der Waals surface area contributed by atoms with E-state index in [2.05, 4.69) is 5.32 Å². The third kappa shape index (κ3) is 4.97. The number of carbonyl (C=O) groups is 2. The first kappa shape index (κ1) is 20.3. The maximum Gasteiger partial charge on any atom is 0.252 e. The minimum Gasteiger partial charge on any atom is -0.352 e. The number of hydrogen-bond acceptors (Lipinski definition) is 5. The molecule has 0 unspecified atom stereocenters. The molecule has 1 aliphatic rings. The summed E-state index contributed by atoms with van der Waals surface area (Å²) in [5.41, 5.74) is 1.64. The van der Waals surface area contributed by atoms with E-state index in [0.29, 0.717) is 35.9 Å². The summed E-state index contributed by atoms with van der Waals surface area (Å²) in [6.07, 6.45) is 3.00. The molecule has 1 aromatic carbocycles. The van der Waals surface area contributed by atoms with Crippen LogP contribution in [0.4, 0.5) is 0 Å². The van der Waals surface area contributed by atoms with Gasteiger partial charge in [0.2, 0.25) is 5.91 Å². The maximum absolute atomic E-state index is 12.5. The highest BCUT2D eigenvalue weighted by atomic mass is 35.5. The standard InChI is InChI=1S/C21H22ClN3O2S2/c22-16-3-4-18-17(12-16)24-21(29-18)14-5-9-25(10-6-14)19(26)2-1-8-23-20(27)15-7-11-28-13-15/h3-4,7,11-14H,1-2,5-6,8-10H2,(H,23,27). The van der Waals surface area contributed by atoms with Gasteiger partial charge in [0.15, 0.2) is 0 Å². The Morgan fingerprint density at radius 2 is 2.07 bits per heavy atom. The maximum atomic E-state index is 12.5. The van der Waals surface area contributed by atoms with Gasteiger partial charge in [-0.3, -0.25) is 9.59 Å². The van der Waals surface area contributed by atoms with Crippen LogP contribution < -0.4 is 5.32 Å². The van der Waals surface area contributed by atoms with Gasteiger partial charge in [0, 0.05) is 47.9 Å². The van der Waals surface area contributed by atoms with Crippen molar-refractivity contribution in [2.24, 2.45) is 0 Å². The average Bonchev–Trinajstić information content (AvgIpc) is 3.40. The van der Waals surface area contributed by atoms with E-state index in [1.807, 2.05) is 33.9 Å². The number of benzene rings is 1. The van der Waals surface area contributed by atoms with Gasteiger partial charge in [0.1, 0.15) is 0 Å². The van der Waals surface area contributed by atoms with Crippen LogP contribution >= 0.6 is 34.3 Å². The first-order valence-electron chi connectivity index (χ1n) is 9.74. The molecule has 0 bridgehead atoms. The third-order valence-corrected chi connectivity index (χ3v) is 7.32. The SMILES string of the molecule is O=C(NCCCC(=O)N1CCC(c2nc3cc(Cl)ccc3s2)CC1)c1ccsc1. The summed E-state index contributed by atoms with van der Waals surface area (Å²) in [6.45, 7) is 2.05. The number of piperidine rings is 1. The summed E-state index contributed by atoms with van der Waals surface area (Å²) in [5.74, 6) is 0.501. The van der Waals surface area contributed by atoms with Crippen molar-refractivity contribution in [3.8, 4) is 0 Å². The number of thiophene rings is 1. The van der Waals surface area contributed by atoms with Crippen LogP contribution in [-0.2, 0) is 4.79 Å². The smallest absolute Gasteiger partial charge is 0.252 e. The summed E-state index contributed by atoms with van der Waals surface area (Å²) in [7, 11) is 0. The van der Waals surface area contributed by atoms with Crippen LogP contribution in [0, 0.1) is 0 Å². The van der Waals surface area contributed by atoms with Crippen molar-refractivity contribution in [3.05, 3.63) is 50.6 Å². The molecule has 0 spiro atoms. The van der Waals surface area contributed by atoms with Gasteiger partial charge in [-0.1, -0.05) is 11.6 Å². The highest BCUT2D eigenvalue weighted by Gasteiger charge is 2.25. The molecular weight excluding hydrogens is 426 g/mol. The molecule has 3 aromatic rings. The van der Waals surface area contributed by atoms with Crippen LogP contribution in [-0.4, -0.2) is 41.3 Å². The largest absolute Gasteiger partial charge is 0.352 e. The van der Waals surface area contributed by atoms with Gasteiger partial charge >= 0.3 is 0 Å². The number of carbonyl (C=O) groups excluding carboxylic acids is 2. The van der Waals surface area contributed by atoms with Gasteiger partial charge in [-0.25, -0.2) is 4.98 Å². The molecule has 1 saturated heterocycles. The number of nitrogens with zero attached hydrogens (tertiary/aromatic N) is 2. The number of amides is 2. The summed E-state index contributed by atoms with van der Waals surface area (Å²) < 4.78 is 1.16. The van der Waals surface area contributed by atoms with E-state index in [4.69, 9.17) is 16.6 Å². The number of nitrogens with one attached hydrogen (secondary N) is 1. The van der Waals surface area contributed by atoms with Gasteiger partial charge in [0.05, 0.1) is 15.2 Å². The molecule has 1 fully saturated rings. The van der Waals surface area contributed by atoms with Crippen molar-refractivity contribution >= 4 is 56.3 Å². The normalized spacial score (nSPS) is 15.0. The van der Waals surface area contributed by atoms with Crippen LogP contribution in [0.25, 0.3) is 10.2 Å². The highest BCUT2D eigenvalue weighted by Crippen LogP contribution is 2.34. The molecule has 0 atom stereocenters. The molecule has 152 valence electrons. The Bertz CT molecular complexity index is 995. The Morgan fingerprint density at radius 3 is 2.83 bits per heavy atom. The zero-order valence-electron chi connectivity index (χ0n) is 15.9.